The molecule has 1 aliphatic rings. The molecule has 0 spiro atoms. The molecule has 0 unspecified atom stereocenters. The van der Waals surface area contributed by atoms with Crippen molar-refractivity contribution in [3.05, 3.63) is 23.8 Å². The van der Waals surface area contributed by atoms with Gasteiger partial charge in [-0.3, -0.25) is 0 Å². The molecule has 0 aliphatic heterocycles. The first-order chi connectivity index (χ1) is 7.59. The molecule has 88 valence electrons. The van der Waals surface area contributed by atoms with E-state index in [0.717, 1.165) is 5.56 Å². The molecule has 0 heterocycles. The second-order valence-electron chi connectivity index (χ2n) is 4.93. The van der Waals surface area contributed by atoms with Gasteiger partial charge in [0.25, 0.3) is 0 Å². The van der Waals surface area contributed by atoms with E-state index in [2.05, 4.69) is 12.2 Å². The van der Waals surface area contributed by atoms with Crippen LogP contribution in [0.3, 0.4) is 0 Å². The van der Waals surface area contributed by atoms with E-state index in [1.165, 1.54) is 31.7 Å². The van der Waals surface area contributed by atoms with E-state index in [0.29, 0.717) is 6.54 Å². The van der Waals surface area contributed by atoms with Crippen LogP contribution in [0.4, 0.5) is 0 Å². The van der Waals surface area contributed by atoms with Gasteiger partial charge in [-0.25, -0.2) is 0 Å². The molecule has 1 aromatic rings. The van der Waals surface area contributed by atoms with Gasteiger partial charge >= 0.3 is 0 Å². The Balaban J connectivity index is 1.99. The van der Waals surface area contributed by atoms with Crippen molar-refractivity contribution in [2.24, 2.45) is 0 Å². The van der Waals surface area contributed by atoms with Crippen molar-refractivity contribution in [2.45, 2.75) is 44.7 Å². The summed E-state index contributed by atoms with van der Waals surface area (Å²) in [5.41, 5.74) is 1.05. The standard InChI is InChI=1S/C13H19NO2/c1-13(6-2-3-7-13)14-9-10-4-5-11(15)8-12(10)16/h4-5,8,14-16H,2-3,6-7,9H2,1H3. The van der Waals surface area contributed by atoms with Gasteiger partial charge in [0, 0.05) is 23.7 Å². The van der Waals surface area contributed by atoms with Gasteiger partial charge in [-0.2, -0.15) is 0 Å². The number of rotatable bonds is 3. The molecule has 3 heteroatoms. The van der Waals surface area contributed by atoms with Crippen LogP contribution in [0.1, 0.15) is 38.2 Å². The van der Waals surface area contributed by atoms with E-state index in [1.54, 1.807) is 12.1 Å². The first kappa shape index (κ1) is 11.3. The van der Waals surface area contributed by atoms with Crippen LogP contribution in [-0.4, -0.2) is 15.8 Å². The fourth-order valence-corrected chi connectivity index (χ4v) is 2.34. The van der Waals surface area contributed by atoms with Crippen LogP contribution >= 0.6 is 0 Å². The highest BCUT2D eigenvalue weighted by molar-refractivity contribution is 5.38. The molecule has 1 saturated carbocycles. The van der Waals surface area contributed by atoms with Crippen molar-refractivity contribution in [1.82, 2.24) is 5.32 Å². The monoisotopic (exact) mass is 221 g/mol. The minimum absolute atomic E-state index is 0.105. The smallest absolute Gasteiger partial charge is 0.123 e. The number of nitrogens with one attached hydrogen (secondary N) is 1. The average Bonchev–Trinajstić information content (AvgIpc) is 2.64. The molecule has 1 aromatic carbocycles. The predicted molar refractivity (Wildman–Crippen MR) is 63.5 cm³/mol. The zero-order valence-corrected chi connectivity index (χ0v) is 9.66. The third-order valence-corrected chi connectivity index (χ3v) is 3.48. The molecule has 0 aromatic heterocycles. The molecule has 0 bridgehead atoms. The Morgan fingerprint density at radius 2 is 1.94 bits per heavy atom. The fourth-order valence-electron chi connectivity index (χ4n) is 2.34. The van der Waals surface area contributed by atoms with Gasteiger partial charge in [-0.1, -0.05) is 18.9 Å². The number of phenolic OH excluding ortho intramolecular Hbond substituents is 2. The zero-order chi connectivity index (χ0) is 11.6. The SMILES string of the molecule is CC1(NCc2ccc(O)cc2O)CCCC1. The van der Waals surface area contributed by atoms with Crippen molar-refractivity contribution in [3.63, 3.8) is 0 Å². The van der Waals surface area contributed by atoms with E-state index in [-0.39, 0.29) is 17.0 Å². The normalized spacial score (nSPS) is 18.8. The maximum atomic E-state index is 9.65. The molecular weight excluding hydrogens is 202 g/mol. The molecule has 0 amide bonds. The molecule has 0 saturated heterocycles. The molecule has 3 N–H and O–H groups in total. The lowest BCUT2D eigenvalue weighted by Crippen LogP contribution is -2.38. The second kappa shape index (κ2) is 4.34. The van der Waals surface area contributed by atoms with Gasteiger partial charge in [0.1, 0.15) is 11.5 Å². The van der Waals surface area contributed by atoms with Gasteiger partial charge in [-0.05, 0) is 25.8 Å². The Hall–Kier alpha value is -1.22. The maximum absolute atomic E-state index is 9.65. The largest absolute Gasteiger partial charge is 0.508 e. The summed E-state index contributed by atoms with van der Waals surface area (Å²) < 4.78 is 0. The Morgan fingerprint density at radius 3 is 2.56 bits per heavy atom. The summed E-state index contributed by atoms with van der Waals surface area (Å²) in [6.07, 6.45) is 4.97. The van der Waals surface area contributed by atoms with Crippen LogP contribution < -0.4 is 5.32 Å². The van der Waals surface area contributed by atoms with E-state index in [4.69, 9.17) is 0 Å². The van der Waals surface area contributed by atoms with Crippen molar-refractivity contribution in [1.29, 1.82) is 0 Å². The van der Waals surface area contributed by atoms with Crippen molar-refractivity contribution in [3.8, 4) is 11.5 Å². The fraction of sp³-hybridized carbons (Fsp3) is 0.538. The highest BCUT2D eigenvalue weighted by atomic mass is 16.3. The van der Waals surface area contributed by atoms with E-state index in [1.807, 2.05) is 0 Å². The lowest BCUT2D eigenvalue weighted by Gasteiger charge is -2.25. The van der Waals surface area contributed by atoms with E-state index >= 15 is 0 Å². The van der Waals surface area contributed by atoms with Gasteiger partial charge in [-0.15, -0.1) is 0 Å². The summed E-state index contributed by atoms with van der Waals surface area (Å²) in [6, 6.07) is 4.75. The Kier molecular flexibility index (Phi) is 3.06. The van der Waals surface area contributed by atoms with Crippen molar-refractivity contribution in [2.75, 3.05) is 0 Å². The van der Waals surface area contributed by atoms with Crippen LogP contribution in [0, 0.1) is 0 Å². The molecule has 1 fully saturated rings. The Morgan fingerprint density at radius 1 is 1.25 bits per heavy atom. The quantitative estimate of drug-likeness (QED) is 0.735. The maximum Gasteiger partial charge on any atom is 0.123 e. The summed E-state index contributed by atoms with van der Waals surface area (Å²) in [5.74, 6) is 0.266. The molecule has 0 atom stereocenters. The summed E-state index contributed by atoms with van der Waals surface area (Å²) in [7, 11) is 0. The minimum Gasteiger partial charge on any atom is -0.508 e. The van der Waals surface area contributed by atoms with Gasteiger partial charge in [0.05, 0.1) is 0 Å². The van der Waals surface area contributed by atoms with Crippen LogP contribution in [0.5, 0.6) is 11.5 Å². The molecule has 3 nitrogen and oxygen atoms in total. The third kappa shape index (κ3) is 2.47. The minimum atomic E-state index is 0.105. The number of aromatic hydroxyl groups is 2. The first-order valence-corrected chi connectivity index (χ1v) is 5.85. The number of benzene rings is 1. The number of phenols is 2. The molecule has 16 heavy (non-hydrogen) atoms. The van der Waals surface area contributed by atoms with Crippen LogP contribution in [0.2, 0.25) is 0 Å². The lowest BCUT2D eigenvalue weighted by molar-refractivity contribution is 0.357. The topological polar surface area (TPSA) is 52.5 Å². The molecule has 0 radical (unpaired) electrons. The number of hydrogen-bond acceptors (Lipinski definition) is 3. The van der Waals surface area contributed by atoms with Gasteiger partial charge in [0.2, 0.25) is 0 Å². The van der Waals surface area contributed by atoms with Crippen LogP contribution in [-0.2, 0) is 6.54 Å². The van der Waals surface area contributed by atoms with E-state index < -0.39 is 0 Å². The Labute approximate surface area is 96.1 Å². The third-order valence-electron chi connectivity index (χ3n) is 3.48. The molecule has 2 rings (SSSR count). The lowest BCUT2D eigenvalue weighted by atomic mass is 10.00. The molecular formula is C13H19NO2. The summed E-state index contributed by atoms with van der Waals surface area (Å²) >= 11 is 0. The van der Waals surface area contributed by atoms with Crippen molar-refractivity contribution < 1.29 is 10.2 Å². The highest BCUT2D eigenvalue weighted by Crippen LogP contribution is 2.30. The average molecular weight is 221 g/mol. The highest BCUT2D eigenvalue weighted by Gasteiger charge is 2.27. The van der Waals surface area contributed by atoms with Gasteiger partial charge < -0.3 is 15.5 Å². The summed E-state index contributed by atoms with van der Waals surface area (Å²) in [4.78, 5) is 0. The summed E-state index contributed by atoms with van der Waals surface area (Å²) in [6.45, 7) is 2.89. The zero-order valence-electron chi connectivity index (χ0n) is 9.66. The van der Waals surface area contributed by atoms with E-state index in [9.17, 15) is 10.2 Å². The molecule has 1 aliphatic carbocycles. The first-order valence-electron chi connectivity index (χ1n) is 5.85. The van der Waals surface area contributed by atoms with Crippen molar-refractivity contribution >= 4 is 0 Å². The predicted octanol–water partition coefficient (Wildman–Crippen LogP) is 2.52. The van der Waals surface area contributed by atoms with Crippen LogP contribution in [0.15, 0.2) is 18.2 Å². The Bertz CT molecular complexity index is 370. The number of hydrogen-bond donors (Lipinski definition) is 3. The second-order valence-corrected chi connectivity index (χ2v) is 4.93. The van der Waals surface area contributed by atoms with Gasteiger partial charge in [0.15, 0.2) is 0 Å². The summed E-state index contributed by atoms with van der Waals surface area (Å²) in [5, 5.41) is 22.3. The van der Waals surface area contributed by atoms with Crippen LogP contribution in [0.25, 0.3) is 0 Å².